The van der Waals surface area contributed by atoms with Gasteiger partial charge in [-0.3, -0.25) is 15.0 Å². The molecule has 0 fully saturated rings. The maximum absolute atomic E-state index is 12.9. The summed E-state index contributed by atoms with van der Waals surface area (Å²) in [5.74, 6) is -0.0984. The van der Waals surface area contributed by atoms with E-state index in [1.54, 1.807) is 39.3 Å². The predicted molar refractivity (Wildman–Crippen MR) is 137 cm³/mol. The van der Waals surface area contributed by atoms with Crippen molar-refractivity contribution in [2.45, 2.75) is 19.5 Å². The van der Waals surface area contributed by atoms with E-state index in [0.29, 0.717) is 41.1 Å². The molecule has 1 aromatic heterocycles. The Hall–Kier alpha value is -3.16. The molecule has 1 amide bonds. The number of likely N-dealkylation sites (N-methyl/N-ethyl adjacent to an activating group) is 1. The van der Waals surface area contributed by atoms with Gasteiger partial charge in [0.05, 0.1) is 29.0 Å². The molecule has 6 nitrogen and oxygen atoms in total. The Bertz CT molecular complexity index is 1390. The monoisotopic (exact) mass is 538 g/mol. The second-order valence-electron chi connectivity index (χ2n) is 8.08. The summed E-state index contributed by atoms with van der Waals surface area (Å²) in [6.07, 6.45) is 0.319. The molecule has 0 aliphatic rings. The van der Waals surface area contributed by atoms with Gasteiger partial charge in [0.15, 0.2) is 5.78 Å². The van der Waals surface area contributed by atoms with Crippen LogP contribution in [0.1, 0.15) is 15.9 Å². The molecule has 0 saturated heterocycles. The van der Waals surface area contributed by atoms with Gasteiger partial charge in [-0.05, 0) is 29.8 Å². The van der Waals surface area contributed by atoms with Crippen molar-refractivity contribution in [1.82, 2.24) is 14.0 Å². The van der Waals surface area contributed by atoms with Crippen molar-refractivity contribution in [3.8, 4) is 0 Å². The summed E-state index contributed by atoms with van der Waals surface area (Å²) in [5, 5.41) is 9.30. The second-order valence-corrected chi connectivity index (χ2v) is 9.40. The zero-order valence-electron chi connectivity index (χ0n) is 18.7. The van der Waals surface area contributed by atoms with E-state index in [9.17, 15) is 9.59 Å². The number of fused-ring (bicyclic) bond motifs is 1. The van der Waals surface area contributed by atoms with Gasteiger partial charge in [0, 0.05) is 30.2 Å². The summed E-state index contributed by atoms with van der Waals surface area (Å²) in [6.45, 7) is 0.815. The van der Waals surface area contributed by atoms with Crippen LogP contribution in [0.3, 0.4) is 0 Å². The number of benzene rings is 3. The van der Waals surface area contributed by atoms with E-state index in [4.69, 9.17) is 17.0 Å². The first-order valence-electron chi connectivity index (χ1n) is 10.8. The Morgan fingerprint density at radius 2 is 1.68 bits per heavy atom. The first-order chi connectivity index (χ1) is 16.3. The third kappa shape index (κ3) is 5.16. The molecule has 1 N–H and O–H groups in total. The Morgan fingerprint density at radius 3 is 2.38 bits per heavy atom. The molecule has 4 aromatic rings. The van der Waals surface area contributed by atoms with Gasteiger partial charge in [-0.2, -0.15) is 0 Å². The molecule has 34 heavy (non-hydrogen) atoms. The van der Waals surface area contributed by atoms with Crippen molar-refractivity contribution < 1.29 is 9.59 Å². The molecule has 0 aliphatic carbocycles. The zero-order chi connectivity index (χ0) is 24.2. The van der Waals surface area contributed by atoms with E-state index in [2.05, 4.69) is 15.9 Å². The molecule has 0 aliphatic heterocycles. The molecule has 0 spiro atoms. The lowest BCUT2D eigenvalue weighted by atomic mass is 10.1. The zero-order valence-corrected chi connectivity index (χ0v) is 21.0. The average molecular weight is 540 g/mol. The van der Waals surface area contributed by atoms with Gasteiger partial charge in [0.25, 0.3) is 0 Å². The largest absolute Gasteiger partial charge is 0.344 e. The van der Waals surface area contributed by atoms with Crippen molar-refractivity contribution in [1.29, 1.82) is 5.41 Å². The smallest absolute Gasteiger partial charge is 0.226 e. The SMILES string of the molecule is CN(CCn1c(=N)n(CC(=O)c2ccc(Br)cc2)c2cccc(Cl)c21)C(=O)Cc1ccccc1. The number of carbonyl (C=O) groups is 2. The van der Waals surface area contributed by atoms with Crippen LogP contribution in [0, 0.1) is 5.41 Å². The molecule has 0 atom stereocenters. The van der Waals surface area contributed by atoms with E-state index < -0.39 is 0 Å². The van der Waals surface area contributed by atoms with Crippen molar-refractivity contribution in [2.75, 3.05) is 13.6 Å². The molecule has 174 valence electrons. The molecule has 4 rings (SSSR count). The molecule has 0 saturated carbocycles. The highest BCUT2D eigenvalue weighted by Crippen LogP contribution is 2.23. The van der Waals surface area contributed by atoms with E-state index >= 15 is 0 Å². The van der Waals surface area contributed by atoms with Gasteiger partial charge in [0.1, 0.15) is 0 Å². The number of rotatable bonds is 8. The number of carbonyl (C=O) groups excluding carboxylic acids is 2. The summed E-state index contributed by atoms with van der Waals surface area (Å²) >= 11 is 9.90. The van der Waals surface area contributed by atoms with Crippen LogP contribution in [0.2, 0.25) is 5.02 Å². The van der Waals surface area contributed by atoms with E-state index in [-0.39, 0.29) is 23.9 Å². The summed E-state index contributed by atoms with van der Waals surface area (Å²) in [7, 11) is 1.76. The summed E-state index contributed by atoms with van der Waals surface area (Å²) in [4.78, 5) is 27.3. The number of nitrogens with one attached hydrogen (secondary N) is 1. The number of Topliss-reactive ketones (excluding diaryl/α,β-unsaturated/α-hetero) is 1. The minimum absolute atomic E-state index is 0.00131. The number of amides is 1. The van der Waals surface area contributed by atoms with Crippen LogP contribution in [-0.2, 0) is 24.3 Å². The minimum Gasteiger partial charge on any atom is -0.344 e. The van der Waals surface area contributed by atoms with Gasteiger partial charge in [-0.1, -0.05) is 76.1 Å². The first kappa shape index (κ1) is 24.0. The standard InChI is InChI=1S/C26H24BrClN4O2/c1-30(24(34)16-18-6-3-2-4-7-18)14-15-31-25-21(28)8-5-9-22(25)32(26(31)29)17-23(33)19-10-12-20(27)13-11-19/h2-13,29H,14-17H2,1H3. The van der Waals surface area contributed by atoms with E-state index in [1.165, 1.54) is 0 Å². The van der Waals surface area contributed by atoms with Gasteiger partial charge in [-0.25, -0.2) is 0 Å². The summed E-state index contributed by atoms with van der Waals surface area (Å²) < 4.78 is 4.32. The lowest BCUT2D eigenvalue weighted by molar-refractivity contribution is -0.129. The molecule has 1 heterocycles. The number of nitrogens with zero attached hydrogens (tertiary/aromatic N) is 3. The van der Waals surface area contributed by atoms with Crippen molar-refractivity contribution in [3.05, 3.63) is 99.0 Å². The van der Waals surface area contributed by atoms with Crippen LogP contribution in [0.5, 0.6) is 0 Å². The highest BCUT2D eigenvalue weighted by Gasteiger charge is 2.18. The normalized spacial score (nSPS) is 11.0. The van der Waals surface area contributed by atoms with Crippen molar-refractivity contribution in [2.24, 2.45) is 0 Å². The fraction of sp³-hybridized carbons (Fsp3) is 0.192. The fourth-order valence-electron chi connectivity index (χ4n) is 3.88. The molecular formula is C26H24BrClN4O2. The maximum atomic E-state index is 12.9. The molecule has 0 radical (unpaired) electrons. The van der Waals surface area contributed by atoms with Crippen molar-refractivity contribution in [3.63, 3.8) is 0 Å². The van der Waals surface area contributed by atoms with Crippen LogP contribution in [0.15, 0.2) is 77.3 Å². The number of aromatic nitrogens is 2. The first-order valence-corrected chi connectivity index (χ1v) is 12.0. The third-order valence-electron chi connectivity index (χ3n) is 5.79. The number of hydrogen-bond acceptors (Lipinski definition) is 3. The maximum Gasteiger partial charge on any atom is 0.226 e. The number of imidazole rings is 1. The van der Waals surface area contributed by atoms with Crippen LogP contribution >= 0.6 is 27.5 Å². The lowest BCUT2D eigenvalue weighted by Gasteiger charge is -2.18. The predicted octanol–water partition coefficient (Wildman–Crippen LogP) is 4.92. The number of ketones is 1. The van der Waals surface area contributed by atoms with Crippen molar-refractivity contribution >= 4 is 50.3 Å². The Balaban J connectivity index is 1.57. The Morgan fingerprint density at radius 1 is 0.971 bits per heavy atom. The highest BCUT2D eigenvalue weighted by atomic mass is 79.9. The van der Waals surface area contributed by atoms with Gasteiger partial charge in [-0.15, -0.1) is 0 Å². The molecule has 0 unspecified atom stereocenters. The minimum atomic E-state index is -0.0971. The third-order valence-corrected chi connectivity index (χ3v) is 6.62. The van der Waals surface area contributed by atoms with Crippen LogP contribution in [0.4, 0.5) is 0 Å². The molecule has 8 heteroatoms. The molecular weight excluding hydrogens is 516 g/mol. The number of para-hydroxylation sites is 1. The Kier molecular flexibility index (Phi) is 7.34. The highest BCUT2D eigenvalue weighted by molar-refractivity contribution is 9.10. The average Bonchev–Trinajstić information content (AvgIpc) is 3.10. The van der Waals surface area contributed by atoms with Crippen LogP contribution in [0.25, 0.3) is 11.0 Å². The summed E-state index contributed by atoms with van der Waals surface area (Å²) in [6, 6.07) is 22.2. The molecule has 0 bridgehead atoms. The van der Waals surface area contributed by atoms with Crippen LogP contribution in [-0.4, -0.2) is 39.3 Å². The second kappa shape index (κ2) is 10.4. The topological polar surface area (TPSA) is 71.1 Å². The fourth-order valence-corrected chi connectivity index (χ4v) is 4.42. The number of halogens is 2. The van der Waals surface area contributed by atoms with Gasteiger partial charge < -0.3 is 14.0 Å². The van der Waals surface area contributed by atoms with E-state index in [0.717, 1.165) is 10.0 Å². The van der Waals surface area contributed by atoms with Gasteiger partial charge >= 0.3 is 0 Å². The number of hydrogen-bond donors (Lipinski definition) is 1. The van der Waals surface area contributed by atoms with E-state index in [1.807, 2.05) is 54.6 Å². The molecule has 3 aromatic carbocycles. The summed E-state index contributed by atoms with van der Waals surface area (Å²) in [5.41, 5.74) is 3.09. The van der Waals surface area contributed by atoms with Gasteiger partial charge in [0.2, 0.25) is 11.5 Å². The van der Waals surface area contributed by atoms with Crippen LogP contribution < -0.4 is 5.62 Å². The lowest BCUT2D eigenvalue weighted by Crippen LogP contribution is -2.34. The Labute approximate surface area is 211 Å². The quantitative estimate of drug-likeness (QED) is 0.323.